The molecular formula is C15H20N4O. The number of nitriles is 1. The zero-order chi connectivity index (χ0) is 15.3. The van der Waals surface area contributed by atoms with Gasteiger partial charge in [0.25, 0.3) is 5.91 Å². The molecule has 0 fully saturated rings. The minimum absolute atomic E-state index is 0.000770. The maximum Gasteiger partial charge on any atom is 0.263 e. The second-order valence-corrected chi connectivity index (χ2v) is 5.61. The highest BCUT2D eigenvalue weighted by molar-refractivity contribution is 5.98. The Kier molecular flexibility index (Phi) is 4.76. The number of nitrogens with zero attached hydrogens (tertiary/aromatic N) is 1. The lowest BCUT2D eigenvalue weighted by Crippen LogP contribution is -2.41. The van der Waals surface area contributed by atoms with E-state index in [-0.39, 0.29) is 5.57 Å². The molecule has 1 aromatic carbocycles. The molecule has 0 aliphatic heterocycles. The largest absolute Gasteiger partial charge is 0.397 e. The summed E-state index contributed by atoms with van der Waals surface area (Å²) >= 11 is 0. The van der Waals surface area contributed by atoms with Crippen LogP contribution in [0.3, 0.4) is 0 Å². The molecule has 0 aromatic heterocycles. The van der Waals surface area contributed by atoms with Gasteiger partial charge in [-0.2, -0.15) is 5.26 Å². The highest BCUT2D eigenvalue weighted by Gasteiger charge is 2.17. The van der Waals surface area contributed by atoms with Crippen molar-refractivity contribution in [1.29, 1.82) is 5.26 Å². The lowest BCUT2D eigenvalue weighted by molar-refractivity contribution is -0.118. The molecule has 4 N–H and O–H groups in total. The van der Waals surface area contributed by atoms with E-state index in [0.29, 0.717) is 11.4 Å². The van der Waals surface area contributed by atoms with Crippen LogP contribution in [0.5, 0.6) is 0 Å². The van der Waals surface area contributed by atoms with Gasteiger partial charge in [-0.15, -0.1) is 0 Å². The number of hydrogen-bond donors (Lipinski definition) is 3. The SMILES string of the molecule is Cc1ccc(N)c(N/C=C(/C#N)C(=O)NC(C)(C)C)c1. The first-order valence-electron chi connectivity index (χ1n) is 6.28. The van der Waals surface area contributed by atoms with Crippen LogP contribution in [-0.4, -0.2) is 11.4 Å². The number of nitrogen functional groups attached to an aromatic ring is 1. The number of benzene rings is 1. The Bertz CT molecular complexity index is 577. The van der Waals surface area contributed by atoms with Gasteiger partial charge >= 0.3 is 0 Å². The van der Waals surface area contributed by atoms with Gasteiger partial charge in [0, 0.05) is 11.7 Å². The van der Waals surface area contributed by atoms with E-state index in [4.69, 9.17) is 11.0 Å². The van der Waals surface area contributed by atoms with Gasteiger partial charge in [0.2, 0.25) is 0 Å². The number of nitrogens with one attached hydrogen (secondary N) is 2. The fraction of sp³-hybridized carbons (Fsp3) is 0.333. The third kappa shape index (κ3) is 4.65. The summed E-state index contributed by atoms with van der Waals surface area (Å²) in [4.78, 5) is 11.9. The Morgan fingerprint density at radius 3 is 2.60 bits per heavy atom. The Morgan fingerprint density at radius 1 is 1.40 bits per heavy atom. The van der Waals surface area contributed by atoms with Crippen molar-refractivity contribution in [2.24, 2.45) is 0 Å². The quantitative estimate of drug-likeness (QED) is 0.447. The van der Waals surface area contributed by atoms with Gasteiger partial charge in [0.15, 0.2) is 0 Å². The highest BCUT2D eigenvalue weighted by Crippen LogP contribution is 2.19. The van der Waals surface area contributed by atoms with E-state index in [2.05, 4.69) is 10.6 Å². The van der Waals surface area contributed by atoms with Crippen molar-refractivity contribution in [2.45, 2.75) is 33.2 Å². The van der Waals surface area contributed by atoms with Crippen molar-refractivity contribution in [3.63, 3.8) is 0 Å². The number of carbonyl (C=O) groups is 1. The molecule has 20 heavy (non-hydrogen) atoms. The molecule has 1 aromatic rings. The molecule has 0 radical (unpaired) electrons. The van der Waals surface area contributed by atoms with Crippen LogP contribution in [0.2, 0.25) is 0 Å². The predicted molar refractivity (Wildman–Crippen MR) is 80.8 cm³/mol. The van der Waals surface area contributed by atoms with Crippen LogP contribution in [0.15, 0.2) is 30.0 Å². The summed E-state index contributed by atoms with van der Waals surface area (Å²) < 4.78 is 0. The minimum Gasteiger partial charge on any atom is -0.397 e. The zero-order valence-electron chi connectivity index (χ0n) is 12.2. The highest BCUT2D eigenvalue weighted by atomic mass is 16.1. The average molecular weight is 272 g/mol. The van der Waals surface area contributed by atoms with Crippen LogP contribution in [0.1, 0.15) is 26.3 Å². The van der Waals surface area contributed by atoms with Crippen molar-refractivity contribution >= 4 is 17.3 Å². The van der Waals surface area contributed by atoms with E-state index in [1.165, 1.54) is 6.20 Å². The summed E-state index contributed by atoms with van der Waals surface area (Å²) in [5.41, 5.74) is 7.69. The van der Waals surface area contributed by atoms with Gasteiger partial charge in [-0.1, -0.05) is 6.07 Å². The Balaban J connectivity index is 2.89. The minimum atomic E-state index is -0.418. The van der Waals surface area contributed by atoms with Crippen LogP contribution < -0.4 is 16.4 Å². The van der Waals surface area contributed by atoms with Crippen molar-refractivity contribution in [2.75, 3.05) is 11.1 Å². The summed E-state index contributed by atoms with van der Waals surface area (Å²) in [5.74, 6) is -0.418. The third-order valence-electron chi connectivity index (χ3n) is 2.43. The van der Waals surface area contributed by atoms with Crippen molar-refractivity contribution < 1.29 is 4.79 Å². The topological polar surface area (TPSA) is 90.9 Å². The number of carbonyl (C=O) groups excluding carboxylic acids is 1. The molecule has 0 heterocycles. The lowest BCUT2D eigenvalue weighted by atomic mass is 10.1. The second kappa shape index (κ2) is 6.11. The van der Waals surface area contributed by atoms with E-state index in [1.807, 2.05) is 45.9 Å². The summed E-state index contributed by atoms with van der Waals surface area (Å²) in [7, 11) is 0. The van der Waals surface area contributed by atoms with Crippen molar-refractivity contribution in [3.8, 4) is 6.07 Å². The second-order valence-electron chi connectivity index (χ2n) is 5.61. The molecule has 0 saturated heterocycles. The van der Waals surface area contributed by atoms with Crippen LogP contribution in [0.4, 0.5) is 11.4 Å². The number of anilines is 2. The van der Waals surface area contributed by atoms with Gasteiger partial charge < -0.3 is 16.4 Å². The molecule has 0 unspecified atom stereocenters. The first-order chi connectivity index (χ1) is 9.23. The number of hydrogen-bond acceptors (Lipinski definition) is 4. The fourth-order valence-electron chi connectivity index (χ4n) is 1.50. The number of aryl methyl sites for hydroxylation is 1. The molecule has 0 bridgehead atoms. The number of nitrogens with two attached hydrogens (primary N) is 1. The lowest BCUT2D eigenvalue weighted by Gasteiger charge is -2.20. The Hall–Kier alpha value is -2.48. The number of rotatable bonds is 3. The molecule has 1 amide bonds. The molecule has 1 rings (SSSR count). The van der Waals surface area contributed by atoms with E-state index in [9.17, 15) is 4.79 Å². The average Bonchev–Trinajstić information content (AvgIpc) is 2.32. The molecule has 5 nitrogen and oxygen atoms in total. The van der Waals surface area contributed by atoms with Gasteiger partial charge in [-0.25, -0.2) is 0 Å². The fourth-order valence-corrected chi connectivity index (χ4v) is 1.50. The van der Waals surface area contributed by atoms with Gasteiger partial charge in [0.05, 0.1) is 11.4 Å². The van der Waals surface area contributed by atoms with Crippen molar-refractivity contribution in [3.05, 3.63) is 35.5 Å². The van der Waals surface area contributed by atoms with Crippen LogP contribution >= 0.6 is 0 Å². The van der Waals surface area contributed by atoms with Crippen molar-refractivity contribution in [1.82, 2.24) is 5.32 Å². The van der Waals surface area contributed by atoms with Gasteiger partial charge in [0.1, 0.15) is 11.6 Å². The molecule has 0 saturated carbocycles. The van der Waals surface area contributed by atoms with Gasteiger partial charge in [-0.3, -0.25) is 4.79 Å². The molecule has 0 atom stereocenters. The number of amides is 1. The molecule has 0 aliphatic carbocycles. The van der Waals surface area contributed by atoms with Crippen LogP contribution in [0, 0.1) is 18.3 Å². The zero-order valence-corrected chi connectivity index (χ0v) is 12.2. The molecule has 5 heteroatoms. The summed E-state index contributed by atoms with van der Waals surface area (Å²) in [6.07, 6.45) is 1.37. The van der Waals surface area contributed by atoms with Crippen LogP contribution in [-0.2, 0) is 4.79 Å². The van der Waals surface area contributed by atoms with E-state index in [1.54, 1.807) is 6.07 Å². The normalized spacial score (nSPS) is 11.7. The molecule has 0 aliphatic rings. The monoisotopic (exact) mass is 272 g/mol. The summed E-state index contributed by atoms with van der Waals surface area (Å²) in [6.45, 7) is 7.50. The molecule has 0 spiro atoms. The summed E-state index contributed by atoms with van der Waals surface area (Å²) in [5, 5.41) is 14.7. The predicted octanol–water partition coefficient (Wildman–Crippen LogP) is 2.31. The van der Waals surface area contributed by atoms with E-state index in [0.717, 1.165) is 5.56 Å². The smallest absolute Gasteiger partial charge is 0.263 e. The maximum atomic E-state index is 11.9. The standard InChI is InChI=1S/C15H20N4O/c1-10-5-6-12(17)13(7-10)18-9-11(8-16)14(20)19-15(2,3)4/h5-7,9,18H,17H2,1-4H3,(H,19,20)/b11-9-. The van der Waals surface area contributed by atoms with Crippen LogP contribution in [0.25, 0.3) is 0 Å². The third-order valence-corrected chi connectivity index (χ3v) is 2.43. The summed E-state index contributed by atoms with van der Waals surface area (Å²) in [6, 6.07) is 7.39. The first kappa shape index (κ1) is 15.6. The molecule has 106 valence electrons. The van der Waals surface area contributed by atoms with E-state index >= 15 is 0 Å². The maximum absolute atomic E-state index is 11.9. The Labute approximate surface area is 119 Å². The molecular weight excluding hydrogens is 252 g/mol. The first-order valence-corrected chi connectivity index (χ1v) is 6.28. The van der Waals surface area contributed by atoms with Gasteiger partial charge in [-0.05, 0) is 45.4 Å². The Morgan fingerprint density at radius 2 is 2.05 bits per heavy atom. The van der Waals surface area contributed by atoms with E-state index < -0.39 is 11.4 Å².